The molecule has 4 heteroatoms. The van der Waals surface area contributed by atoms with Crippen LogP contribution in [0, 0.1) is 6.92 Å². The smallest absolute Gasteiger partial charge is 0.190 e. The Balaban J connectivity index is 2.86. The fourth-order valence-corrected chi connectivity index (χ4v) is 2.01. The molecular weight excluding hydrogens is 188 g/mol. The summed E-state index contributed by atoms with van der Waals surface area (Å²) in [5.74, 6) is 0.502. The molecule has 3 nitrogen and oxygen atoms in total. The average molecular weight is 196 g/mol. The van der Waals surface area contributed by atoms with E-state index in [4.69, 9.17) is 8.97 Å². The molecule has 0 aliphatic heterocycles. The van der Waals surface area contributed by atoms with Gasteiger partial charge in [-0.3, -0.25) is 0 Å². The lowest BCUT2D eigenvalue weighted by Crippen LogP contribution is -1.87. The van der Waals surface area contributed by atoms with Crippen LogP contribution in [0.1, 0.15) is 5.76 Å². The van der Waals surface area contributed by atoms with E-state index in [2.05, 4.69) is 0 Å². The highest BCUT2D eigenvalue weighted by atomic mass is 32.2. The van der Waals surface area contributed by atoms with Crippen molar-refractivity contribution in [1.82, 2.24) is 0 Å². The van der Waals surface area contributed by atoms with E-state index in [1.54, 1.807) is 19.1 Å². The van der Waals surface area contributed by atoms with Crippen LogP contribution in [0.3, 0.4) is 0 Å². The first-order valence-corrected chi connectivity index (χ1v) is 4.90. The van der Waals surface area contributed by atoms with Crippen molar-refractivity contribution in [2.75, 3.05) is 0 Å². The summed E-state index contributed by atoms with van der Waals surface area (Å²) in [6.07, 6.45) is 0. The van der Waals surface area contributed by atoms with E-state index in [9.17, 15) is 4.21 Å². The van der Waals surface area contributed by atoms with Gasteiger partial charge in [-0.2, -0.15) is 0 Å². The third-order valence-electron chi connectivity index (χ3n) is 1.89. The monoisotopic (exact) mass is 196 g/mol. The Bertz CT molecular complexity index is 473. The van der Waals surface area contributed by atoms with Crippen molar-refractivity contribution >= 4 is 22.0 Å². The molecule has 0 saturated carbocycles. The van der Waals surface area contributed by atoms with Gasteiger partial charge in [-0.15, -0.1) is 0 Å². The Kier molecular flexibility index (Phi) is 1.94. The summed E-state index contributed by atoms with van der Waals surface area (Å²) in [4.78, 5) is 0.371. The zero-order valence-corrected chi connectivity index (χ0v) is 7.80. The van der Waals surface area contributed by atoms with Crippen LogP contribution < -0.4 is 0 Å². The minimum atomic E-state index is -1.98. The van der Waals surface area contributed by atoms with Crippen molar-refractivity contribution in [1.29, 1.82) is 0 Å². The summed E-state index contributed by atoms with van der Waals surface area (Å²) < 4.78 is 25.3. The summed E-state index contributed by atoms with van der Waals surface area (Å²) >= 11 is -1.98. The topological polar surface area (TPSA) is 50.4 Å². The van der Waals surface area contributed by atoms with Crippen molar-refractivity contribution in [3.63, 3.8) is 0 Å². The van der Waals surface area contributed by atoms with Gasteiger partial charge in [0.1, 0.15) is 16.2 Å². The van der Waals surface area contributed by atoms with Crippen LogP contribution in [0.2, 0.25) is 0 Å². The number of rotatable bonds is 1. The molecule has 0 bridgehead atoms. The maximum atomic E-state index is 10.9. The van der Waals surface area contributed by atoms with Gasteiger partial charge in [0.15, 0.2) is 11.1 Å². The van der Waals surface area contributed by atoms with Crippen LogP contribution in [0.5, 0.6) is 0 Å². The highest BCUT2D eigenvalue weighted by Crippen LogP contribution is 2.27. The average Bonchev–Trinajstić information content (AvgIpc) is 2.39. The molecule has 1 aromatic carbocycles. The molecule has 0 fully saturated rings. The van der Waals surface area contributed by atoms with Gasteiger partial charge in [0, 0.05) is 5.39 Å². The quantitative estimate of drug-likeness (QED) is 0.712. The lowest BCUT2D eigenvalue weighted by atomic mass is 10.2. The number of aryl methyl sites for hydroxylation is 1. The highest BCUT2D eigenvalue weighted by Gasteiger charge is 2.14. The van der Waals surface area contributed by atoms with Gasteiger partial charge < -0.3 is 8.97 Å². The molecule has 0 amide bonds. The molecule has 2 rings (SSSR count). The Morgan fingerprint density at radius 3 is 2.77 bits per heavy atom. The van der Waals surface area contributed by atoms with E-state index in [-0.39, 0.29) is 0 Å². The minimum Gasteiger partial charge on any atom is -0.460 e. The van der Waals surface area contributed by atoms with Gasteiger partial charge in [-0.25, -0.2) is 4.21 Å². The van der Waals surface area contributed by atoms with E-state index in [0.717, 1.165) is 0 Å². The molecule has 1 atom stereocenters. The van der Waals surface area contributed by atoms with E-state index in [1.165, 1.54) is 0 Å². The van der Waals surface area contributed by atoms with E-state index >= 15 is 0 Å². The molecule has 1 heterocycles. The molecule has 1 aromatic heterocycles. The van der Waals surface area contributed by atoms with Gasteiger partial charge in [-0.1, -0.05) is 12.1 Å². The Morgan fingerprint density at radius 1 is 1.38 bits per heavy atom. The minimum absolute atomic E-state index is 0.371. The van der Waals surface area contributed by atoms with Crippen molar-refractivity contribution in [2.24, 2.45) is 0 Å². The van der Waals surface area contributed by atoms with Crippen LogP contribution in [0.4, 0.5) is 0 Å². The molecule has 68 valence electrons. The number of para-hydroxylation sites is 1. The summed E-state index contributed by atoms with van der Waals surface area (Å²) in [5.41, 5.74) is 0.650. The standard InChI is InChI=1S/C9H8O3S/c1-6-9(13(10)11)7-4-2-3-5-8(7)12-6/h2-5H,1H3,(H,10,11). The molecule has 0 saturated heterocycles. The van der Waals surface area contributed by atoms with Crippen LogP contribution in [0.15, 0.2) is 33.6 Å². The second-order valence-corrected chi connectivity index (χ2v) is 3.64. The second-order valence-electron chi connectivity index (χ2n) is 2.73. The third-order valence-corrected chi connectivity index (χ3v) is 2.75. The highest BCUT2D eigenvalue weighted by molar-refractivity contribution is 7.79. The lowest BCUT2D eigenvalue weighted by molar-refractivity contribution is 0.545. The summed E-state index contributed by atoms with van der Waals surface area (Å²) in [6.45, 7) is 1.68. The molecule has 13 heavy (non-hydrogen) atoms. The number of fused-ring (bicyclic) bond motifs is 1. The second kappa shape index (κ2) is 2.97. The molecule has 0 aliphatic rings. The van der Waals surface area contributed by atoms with Crippen LogP contribution in [-0.2, 0) is 11.1 Å². The summed E-state index contributed by atoms with van der Waals surface area (Å²) in [5, 5.41) is 0.709. The van der Waals surface area contributed by atoms with Gasteiger partial charge in [0.25, 0.3) is 0 Å². The van der Waals surface area contributed by atoms with Gasteiger partial charge in [0.2, 0.25) is 0 Å². The molecule has 1 N–H and O–H groups in total. The Hall–Kier alpha value is -1.13. The predicted octanol–water partition coefficient (Wildman–Crippen LogP) is 2.32. The largest absolute Gasteiger partial charge is 0.460 e. The number of hydrogen-bond acceptors (Lipinski definition) is 2. The zero-order valence-electron chi connectivity index (χ0n) is 6.98. The van der Waals surface area contributed by atoms with Gasteiger partial charge in [0.05, 0.1) is 0 Å². The van der Waals surface area contributed by atoms with Gasteiger partial charge >= 0.3 is 0 Å². The van der Waals surface area contributed by atoms with Crippen molar-refractivity contribution in [3.05, 3.63) is 30.0 Å². The van der Waals surface area contributed by atoms with Crippen molar-refractivity contribution < 1.29 is 13.2 Å². The van der Waals surface area contributed by atoms with E-state index in [0.29, 0.717) is 21.6 Å². The summed E-state index contributed by atoms with van der Waals surface area (Å²) in [7, 11) is 0. The fourth-order valence-electron chi connectivity index (χ4n) is 1.36. The maximum Gasteiger partial charge on any atom is 0.190 e. The van der Waals surface area contributed by atoms with E-state index < -0.39 is 11.1 Å². The molecule has 0 spiro atoms. The molecule has 0 radical (unpaired) electrons. The first-order chi connectivity index (χ1) is 6.20. The molecule has 2 aromatic rings. The van der Waals surface area contributed by atoms with E-state index in [1.807, 2.05) is 12.1 Å². The fraction of sp³-hybridized carbons (Fsp3) is 0.111. The number of furan rings is 1. The SMILES string of the molecule is Cc1oc2ccccc2c1S(=O)O. The third kappa shape index (κ3) is 1.28. The lowest BCUT2D eigenvalue weighted by Gasteiger charge is -1.90. The molecular formula is C9H8O3S. The number of hydrogen-bond donors (Lipinski definition) is 1. The summed E-state index contributed by atoms with van der Waals surface area (Å²) in [6, 6.07) is 7.19. The molecule has 0 aliphatic carbocycles. The van der Waals surface area contributed by atoms with Crippen LogP contribution in [-0.4, -0.2) is 8.76 Å². The normalized spacial score (nSPS) is 13.4. The number of benzene rings is 1. The Morgan fingerprint density at radius 2 is 2.08 bits per heavy atom. The maximum absolute atomic E-state index is 10.9. The first-order valence-electron chi connectivity index (χ1n) is 3.79. The van der Waals surface area contributed by atoms with Crippen LogP contribution >= 0.6 is 0 Å². The van der Waals surface area contributed by atoms with Crippen molar-refractivity contribution in [2.45, 2.75) is 11.8 Å². The van der Waals surface area contributed by atoms with Crippen LogP contribution in [0.25, 0.3) is 11.0 Å². The Labute approximate surface area is 77.6 Å². The van der Waals surface area contributed by atoms with Gasteiger partial charge in [-0.05, 0) is 19.1 Å². The first kappa shape index (κ1) is 8.47. The molecule has 1 unspecified atom stereocenters. The zero-order chi connectivity index (χ0) is 9.42. The van der Waals surface area contributed by atoms with Crippen molar-refractivity contribution in [3.8, 4) is 0 Å². The predicted molar refractivity (Wildman–Crippen MR) is 50.0 cm³/mol.